The number of hydrogen-bond donors (Lipinski definition) is 2. The number of aliphatic hydroxyl groups excluding tert-OH is 1. The fraction of sp³-hybridized carbons (Fsp3) is 0.800. The number of nitrogens with zero attached hydrogens (tertiary/aromatic N) is 1. The molecule has 19 heavy (non-hydrogen) atoms. The molecule has 2 N–H and O–H groups in total. The van der Waals surface area contributed by atoms with Crippen molar-refractivity contribution in [3.8, 4) is 0 Å². The molecule has 108 valence electrons. The van der Waals surface area contributed by atoms with E-state index < -0.39 is 48.3 Å². The zero-order valence-corrected chi connectivity index (χ0v) is 12.9. The number of rotatable bonds is 2. The zero-order valence-electron chi connectivity index (χ0n) is 10.5. The molecule has 0 saturated carbocycles. The van der Waals surface area contributed by atoms with Gasteiger partial charge < -0.3 is 10.2 Å². The first-order valence-corrected chi connectivity index (χ1v) is 7.93. The summed E-state index contributed by atoms with van der Waals surface area (Å²) >= 11 is 2.93. The number of alkyl halides is 1. The number of sulfone groups is 1. The van der Waals surface area contributed by atoms with Crippen molar-refractivity contribution in [1.29, 1.82) is 0 Å². The van der Waals surface area contributed by atoms with Crippen LogP contribution in [0.1, 0.15) is 20.8 Å². The highest BCUT2D eigenvalue weighted by Crippen LogP contribution is 2.57. The third-order valence-corrected chi connectivity index (χ3v) is 8.88. The van der Waals surface area contributed by atoms with Crippen LogP contribution in [0.4, 0.5) is 0 Å². The van der Waals surface area contributed by atoms with E-state index >= 15 is 0 Å². The molecule has 0 spiro atoms. The number of carboxylic acid groups (broad SMARTS) is 1. The normalized spacial score (nSPS) is 40.5. The summed E-state index contributed by atoms with van der Waals surface area (Å²) in [6.07, 6.45) is -1.15. The highest BCUT2D eigenvalue weighted by molar-refractivity contribution is 9.10. The number of fused-ring (bicyclic) bond motifs is 1. The number of halogens is 1. The summed E-state index contributed by atoms with van der Waals surface area (Å²) < 4.78 is 21.2. The summed E-state index contributed by atoms with van der Waals surface area (Å²) in [5.74, 6) is -3.22. The van der Waals surface area contributed by atoms with Crippen LogP contribution in [0, 0.1) is 5.92 Å². The lowest BCUT2D eigenvalue weighted by molar-refractivity contribution is -0.170. The molecule has 2 aliphatic heterocycles. The fourth-order valence-corrected chi connectivity index (χ4v) is 6.37. The van der Waals surface area contributed by atoms with Gasteiger partial charge in [-0.25, -0.2) is 13.2 Å². The third kappa shape index (κ3) is 1.33. The number of carbonyl (C=O) groups is 2. The standard InChI is InChI=1S/C10H14BrNO6S/c1-4(13)5-6(14)12-7(5)19(17,18)9(2,3)10(12,11)8(15)16/h4-5,7,13H,1-3H3,(H,15,16)/t4-,5+,7+,10-/m0/s1. The van der Waals surface area contributed by atoms with Gasteiger partial charge >= 0.3 is 5.97 Å². The van der Waals surface area contributed by atoms with Gasteiger partial charge in [-0.1, -0.05) is 0 Å². The minimum Gasteiger partial charge on any atom is -0.479 e. The smallest absolute Gasteiger partial charge is 0.342 e. The number of carboxylic acids is 1. The Labute approximate surface area is 118 Å². The van der Waals surface area contributed by atoms with Gasteiger partial charge in [-0.2, -0.15) is 0 Å². The van der Waals surface area contributed by atoms with Gasteiger partial charge in [-0.3, -0.25) is 9.69 Å². The SMILES string of the molecule is C[C@H](O)[C@@H]1C(=O)N2[C@@H]1S(=O)(=O)C(C)(C)[C@]2(Br)C(=O)O. The Morgan fingerprint density at radius 2 is 1.95 bits per heavy atom. The molecule has 0 aromatic heterocycles. The summed E-state index contributed by atoms with van der Waals surface area (Å²) in [6.45, 7) is 3.84. The van der Waals surface area contributed by atoms with Crippen LogP contribution < -0.4 is 0 Å². The van der Waals surface area contributed by atoms with Crippen molar-refractivity contribution in [2.45, 2.75) is 41.4 Å². The lowest BCUT2D eigenvalue weighted by Gasteiger charge is -2.47. The van der Waals surface area contributed by atoms with E-state index in [1.54, 1.807) is 0 Å². The van der Waals surface area contributed by atoms with Crippen molar-refractivity contribution in [3.63, 3.8) is 0 Å². The predicted molar refractivity (Wildman–Crippen MR) is 68.1 cm³/mol. The summed E-state index contributed by atoms with van der Waals surface area (Å²) in [6, 6.07) is 0. The number of carbonyl (C=O) groups excluding carboxylic acids is 1. The molecule has 2 fully saturated rings. The van der Waals surface area contributed by atoms with E-state index in [9.17, 15) is 28.2 Å². The van der Waals surface area contributed by atoms with Gasteiger partial charge in [0.25, 0.3) is 0 Å². The molecule has 0 unspecified atom stereocenters. The topological polar surface area (TPSA) is 112 Å². The Kier molecular flexibility index (Phi) is 2.87. The quantitative estimate of drug-likeness (QED) is 0.393. The van der Waals surface area contributed by atoms with Crippen LogP contribution in [0.3, 0.4) is 0 Å². The largest absolute Gasteiger partial charge is 0.479 e. The predicted octanol–water partition coefficient (Wildman–Crippen LogP) is -0.466. The Morgan fingerprint density at radius 3 is 2.32 bits per heavy atom. The van der Waals surface area contributed by atoms with E-state index in [1.807, 2.05) is 0 Å². The second-order valence-corrected chi connectivity index (χ2v) is 9.09. The number of β-lactam (4-membered cyclic amide) rings is 1. The molecule has 0 aromatic carbocycles. The van der Waals surface area contributed by atoms with Crippen molar-refractivity contribution in [1.82, 2.24) is 4.90 Å². The third-order valence-electron chi connectivity index (χ3n) is 4.05. The molecule has 9 heteroatoms. The van der Waals surface area contributed by atoms with Crippen LogP contribution in [-0.2, 0) is 19.4 Å². The van der Waals surface area contributed by atoms with E-state index in [-0.39, 0.29) is 0 Å². The molecule has 2 rings (SSSR count). The zero-order chi connectivity index (χ0) is 15.0. The van der Waals surface area contributed by atoms with Crippen molar-refractivity contribution >= 4 is 37.6 Å². The summed E-state index contributed by atoms with van der Waals surface area (Å²) in [4.78, 5) is 24.3. The van der Waals surface area contributed by atoms with Crippen molar-refractivity contribution in [3.05, 3.63) is 0 Å². The highest BCUT2D eigenvalue weighted by atomic mass is 79.9. The first kappa shape index (κ1) is 14.7. The van der Waals surface area contributed by atoms with Crippen LogP contribution in [0.2, 0.25) is 0 Å². The second-order valence-electron chi connectivity index (χ2n) is 5.35. The van der Waals surface area contributed by atoms with E-state index in [4.69, 9.17) is 0 Å². The van der Waals surface area contributed by atoms with Gasteiger partial charge in [0, 0.05) is 0 Å². The van der Waals surface area contributed by atoms with Crippen LogP contribution in [0.15, 0.2) is 0 Å². The lowest BCUT2D eigenvalue weighted by Crippen LogP contribution is -2.69. The van der Waals surface area contributed by atoms with E-state index in [1.165, 1.54) is 20.8 Å². The molecule has 0 aromatic rings. The van der Waals surface area contributed by atoms with E-state index in [2.05, 4.69) is 15.9 Å². The fourth-order valence-electron chi connectivity index (χ4n) is 2.73. The molecule has 2 heterocycles. The maximum absolute atomic E-state index is 12.5. The van der Waals surface area contributed by atoms with Crippen LogP contribution in [-0.4, -0.2) is 56.1 Å². The minimum absolute atomic E-state index is 0.673. The number of hydrogen-bond acceptors (Lipinski definition) is 5. The molecule has 7 nitrogen and oxygen atoms in total. The van der Waals surface area contributed by atoms with Crippen LogP contribution in [0.25, 0.3) is 0 Å². The molecule has 2 aliphatic rings. The van der Waals surface area contributed by atoms with Crippen LogP contribution in [0.5, 0.6) is 0 Å². The lowest BCUT2D eigenvalue weighted by atomic mass is 9.88. The average Bonchev–Trinajstić information content (AvgIpc) is 2.32. The van der Waals surface area contributed by atoms with E-state index in [0.29, 0.717) is 0 Å². The first-order chi connectivity index (χ1) is 8.42. The molecule has 0 bridgehead atoms. The van der Waals surface area contributed by atoms with Gasteiger partial charge in [0.1, 0.15) is 4.75 Å². The van der Waals surface area contributed by atoms with Gasteiger partial charge in [0.2, 0.25) is 10.4 Å². The second kappa shape index (κ2) is 3.70. The first-order valence-electron chi connectivity index (χ1n) is 5.59. The molecule has 0 radical (unpaired) electrons. The monoisotopic (exact) mass is 355 g/mol. The van der Waals surface area contributed by atoms with Crippen molar-refractivity contribution < 1.29 is 28.2 Å². The van der Waals surface area contributed by atoms with Crippen molar-refractivity contribution in [2.24, 2.45) is 5.92 Å². The molecule has 4 atom stereocenters. The summed E-state index contributed by atoms with van der Waals surface area (Å²) in [7, 11) is -3.93. The highest BCUT2D eigenvalue weighted by Gasteiger charge is 2.79. The maximum Gasteiger partial charge on any atom is 0.342 e. The Balaban J connectivity index is 2.67. The Bertz CT molecular complexity index is 571. The average molecular weight is 356 g/mol. The molecular formula is C10H14BrNO6S. The molecule has 0 aliphatic carbocycles. The minimum atomic E-state index is -3.93. The Morgan fingerprint density at radius 1 is 1.47 bits per heavy atom. The van der Waals surface area contributed by atoms with Gasteiger partial charge in [-0.05, 0) is 36.7 Å². The molecule has 2 saturated heterocycles. The number of aliphatic carboxylic acids is 1. The maximum atomic E-state index is 12.5. The van der Waals surface area contributed by atoms with E-state index in [0.717, 1.165) is 4.90 Å². The summed E-state index contributed by atoms with van der Waals surface area (Å²) in [5, 5.41) is 17.6. The summed E-state index contributed by atoms with van der Waals surface area (Å²) in [5.41, 5.74) is 0. The van der Waals surface area contributed by atoms with Gasteiger partial charge in [0.15, 0.2) is 15.2 Å². The number of amides is 1. The number of aliphatic hydroxyl groups is 1. The Hall–Kier alpha value is -0.670. The van der Waals surface area contributed by atoms with Gasteiger partial charge in [-0.15, -0.1) is 0 Å². The van der Waals surface area contributed by atoms with Gasteiger partial charge in [0.05, 0.1) is 12.0 Å². The molecular weight excluding hydrogens is 342 g/mol. The van der Waals surface area contributed by atoms with Crippen LogP contribution >= 0.6 is 15.9 Å². The molecule has 1 amide bonds. The van der Waals surface area contributed by atoms with Crippen molar-refractivity contribution in [2.75, 3.05) is 0 Å².